The van der Waals surface area contributed by atoms with Crippen molar-refractivity contribution >= 4 is 11.9 Å². The Morgan fingerprint density at radius 2 is 2.05 bits per heavy atom. The summed E-state index contributed by atoms with van der Waals surface area (Å²) in [6, 6.07) is 2.11. The van der Waals surface area contributed by atoms with Crippen molar-refractivity contribution in [2.45, 2.75) is 46.1 Å². The minimum atomic E-state index is -0.803. The smallest absolute Gasteiger partial charge is 0.303 e. The fourth-order valence-corrected chi connectivity index (χ4v) is 2.58. The summed E-state index contributed by atoms with van der Waals surface area (Å²) in [5.74, 6) is -0.612. The minimum absolute atomic E-state index is 0.0108. The van der Waals surface area contributed by atoms with Crippen molar-refractivity contribution in [2.75, 3.05) is 19.6 Å². The molecule has 1 amide bonds. The Morgan fingerprint density at radius 1 is 1.38 bits per heavy atom. The number of nitrogens with zero attached hydrogens (tertiary/aromatic N) is 2. The third kappa shape index (κ3) is 6.13. The van der Waals surface area contributed by atoms with E-state index in [0.717, 1.165) is 13.0 Å². The zero-order valence-corrected chi connectivity index (χ0v) is 13.1. The lowest BCUT2D eigenvalue weighted by Gasteiger charge is -2.37. The average Bonchev–Trinajstić information content (AvgIpc) is 2.35. The molecule has 21 heavy (non-hydrogen) atoms. The Hall–Kier alpha value is -1.61. The van der Waals surface area contributed by atoms with Gasteiger partial charge in [0.2, 0.25) is 5.91 Å². The van der Waals surface area contributed by atoms with Gasteiger partial charge in [-0.25, -0.2) is 0 Å². The predicted molar refractivity (Wildman–Crippen MR) is 78.4 cm³/mol. The molecule has 1 fully saturated rings. The monoisotopic (exact) mass is 295 g/mol. The molecule has 2 N–H and O–H groups in total. The highest BCUT2D eigenvalue weighted by Crippen LogP contribution is 2.22. The van der Waals surface area contributed by atoms with E-state index >= 15 is 0 Å². The van der Waals surface area contributed by atoms with Gasteiger partial charge in [-0.15, -0.1) is 0 Å². The molecule has 1 rings (SSSR count). The van der Waals surface area contributed by atoms with Gasteiger partial charge in [0.1, 0.15) is 0 Å². The number of amides is 1. The summed E-state index contributed by atoms with van der Waals surface area (Å²) in [5, 5.41) is 20.7. The number of likely N-dealkylation sites (tertiary alicyclic amines) is 1. The molecule has 0 radical (unpaired) electrons. The number of nitrogens with one attached hydrogen (secondary N) is 1. The first-order chi connectivity index (χ1) is 9.72. The summed E-state index contributed by atoms with van der Waals surface area (Å²) < 4.78 is 0. The summed E-state index contributed by atoms with van der Waals surface area (Å²) in [6.45, 7) is 7.27. The van der Waals surface area contributed by atoms with E-state index in [-0.39, 0.29) is 24.3 Å². The van der Waals surface area contributed by atoms with Gasteiger partial charge in [-0.2, -0.15) is 5.26 Å². The van der Waals surface area contributed by atoms with Gasteiger partial charge in [0.15, 0.2) is 0 Å². The molecule has 0 spiro atoms. The number of rotatable bonds is 5. The number of aliphatic carboxylic acids is 1. The highest BCUT2D eigenvalue weighted by molar-refractivity contribution is 5.81. The van der Waals surface area contributed by atoms with Crippen LogP contribution in [-0.4, -0.2) is 47.6 Å². The van der Waals surface area contributed by atoms with Crippen LogP contribution in [0.25, 0.3) is 0 Å². The van der Waals surface area contributed by atoms with Crippen LogP contribution in [0.5, 0.6) is 0 Å². The van der Waals surface area contributed by atoms with Crippen molar-refractivity contribution in [2.24, 2.45) is 11.3 Å². The molecule has 1 heterocycles. The summed E-state index contributed by atoms with van der Waals surface area (Å²) in [4.78, 5) is 24.8. The lowest BCUT2D eigenvalue weighted by molar-refractivity contribution is -0.137. The Balaban J connectivity index is 2.63. The molecule has 1 aliphatic heterocycles. The molecule has 0 saturated carbocycles. The largest absolute Gasteiger partial charge is 0.481 e. The van der Waals surface area contributed by atoms with E-state index < -0.39 is 11.4 Å². The van der Waals surface area contributed by atoms with Crippen LogP contribution in [0.3, 0.4) is 0 Å². The summed E-state index contributed by atoms with van der Waals surface area (Å²) >= 11 is 0. The number of carbonyl (C=O) groups excluding carboxylic acids is 1. The van der Waals surface area contributed by atoms with Crippen molar-refractivity contribution in [3.05, 3.63) is 0 Å². The van der Waals surface area contributed by atoms with Crippen LogP contribution in [0.4, 0.5) is 0 Å². The van der Waals surface area contributed by atoms with Crippen LogP contribution >= 0.6 is 0 Å². The molecule has 0 aromatic rings. The molecular formula is C15H25N3O3. The fourth-order valence-electron chi connectivity index (χ4n) is 2.58. The SMILES string of the molecule is CC(C)(C)C(=O)NC1CC(CCC(=O)O)CN(CC#N)C1. The van der Waals surface area contributed by atoms with Crippen LogP contribution in [0.15, 0.2) is 0 Å². The van der Waals surface area contributed by atoms with Gasteiger partial charge >= 0.3 is 5.97 Å². The molecule has 0 bridgehead atoms. The Bertz CT molecular complexity index is 423. The Labute approximate surface area is 126 Å². The molecule has 1 saturated heterocycles. The number of hydrogen-bond acceptors (Lipinski definition) is 4. The molecule has 6 nitrogen and oxygen atoms in total. The van der Waals surface area contributed by atoms with Crippen molar-refractivity contribution in [3.8, 4) is 6.07 Å². The topological polar surface area (TPSA) is 93.4 Å². The maximum atomic E-state index is 12.1. The minimum Gasteiger partial charge on any atom is -0.481 e. The molecule has 2 unspecified atom stereocenters. The lowest BCUT2D eigenvalue weighted by atomic mass is 9.89. The summed E-state index contributed by atoms with van der Waals surface area (Å²) in [5.41, 5.74) is -0.450. The van der Waals surface area contributed by atoms with E-state index in [1.807, 2.05) is 25.7 Å². The normalized spacial score (nSPS) is 23.3. The van der Waals surface area contributed by atoms with Crippen LogP contribution in [0.1, 0.15) is 40.0 Å². The second-order valence-corrected chi connectivity index (χ2v) is 6.81. The summed E-state index contributed by atoms with van der Waals surface area (Å²) in [7, 11) is 0. The molecular weight excluding hydrogens is 270 g/mol. The standard InChI is InChI=1S/C15H25N3O3/c1-15(2,3)14(21)17-12-8-11(4-5-13(19)20)9-18(10-12)7-6-16/h11-12H,4-5,7-10H2,1-3H3,(H,17,21)(H,19,20). The van der Waals surface area contributed by atoms with E-state index in [9.17, 15) is 9.59 Å². The number of carboxylic acid groups (broad SMARTS) is 1. The van der Waals surface area contributed by atoms with Gasteiger partial charge in [0.05, 0.1) is 12.6 Å². The number of hydrogen-bond donors (Lipinski definition) is 2. The number of nitriles is 1. The van der Waals surface area contributed by atoms with E-state index in [1.165, 1.54) is 0 Å². The molecule has 118 valence electrons. The van der Waals surface area contributed by atoms with Crippen LogP contribution < -0.4 is 5.32 Å². The Kier molecular flexibility index (Phi) is 6.16. The third-order valence-corrected chi connectivity index (χ3v) is 3.69. The third-order valence-electron chi connectivity index (χ3n) is 3.69. The van der Waals surface area contributed by atoms with Crippen molar-refractivity contribution in [1.29, 1.82) is 5.26 Å². The van der Waals surface area contributed by atoms with Gasteiger partial charge in [-0.3, -0.25) is 14.5 Å². The molecule has 1 aliphatic rings. The van der Waals surface area contributed by atoms with E-state index in [0.29, 0.717) is 19.5 Å². The molecule has 2 atom stereocenters. The molecule has 0 aromatic heterocycles. The second kappa shape index (κ2) is 7.41. The first-order valence-corrected chi connectivity index (χ1v) is 7.34. The molecule has 6 heteroatoms. The van der Waals surface area contributed by atoms with E-state index in [4.69, 9.17) is 10.4 Å². The van der Waals surface area contributed by atoms with Gasteiger partial charge in [0.25, 0.3) is 0 Å². The maximum absolute atomic E-state index is 12.1. The zero-order chi connectivity index (χ0) is 16.0. The highest BCUT2D eigenvalue weighted by atomic mass is 16.4. The Morgan fingerprint density at radius 3 is 2.57 bits per heavy atom. The predicted octanol–water partition coefficient (Wildman–Crippen LogP) is 1.23. The summed E-state index contributed by atoms with van der Waals surface area (Å²) in [6.07, 6.45) is 1.49. The van der Waals surface area contributed by atoms with Gasteiger partial charge < -0.3 is 10.4 Å². The highest BCUT2D eigenvalue weighted by Gasteiger charge is 2.31. The molecule has 0 aliphatic carbocycles. The molecule has 0 aromatic carbocycles. The van der Waals surface area contributed by atoms with Crippen LogP contribution in [0.2, 0.25) is 0 Å². The van der Waals surface area contributed by atoms with Gasteiger partial charge in [-0.1, -0.05) is 20.8 Å². The lowest BCUT2D eigenvalue weighted by Crippen LogP contribution is -2.52. The van der Waals surface area contributed by atoms with Crippen LogP contribution in [-0.2, 0) is 9.59 Å². The van der Waals surface area contributed by atoms with Gasteiger partial charge in [-0.05, 0) is 18.8 Å². The van der Waals surface area contributed by atoms with Gasteiger partial charge in [0, 0.05) is 31.0 Å². The van der Waals surface area contributed by atoms with E-state index in [1.54, 1.807) is 0 Å². The quantitative estimate of drug-likeness (QED) is 0.744. The average molecular weight is 295 g/mol. The second-order valence-electron chi connectivity index (χ2n) is 6.81. The van der Waals surface area contributed by atoms with E-state index in [2.05, 4.69) is 11.4 Å². The number of piperidine rings is 1. The van der Waals surface area contributed by atoms with Crippen molar-refractivity contribution < 1.29 is 14.7 Å². The maximum Gasteiger partial charge on any atom is 0.303 e. The first kappa shape index (κ1) is 17.4. The first-order valence-electron chi connectivity index (χ1n) is 7.34. The van der Waals surface area contributed by atoms with Crippen molar-refractivity contribution in [1.82, 2.24) is 10.2 Å². The van der Waals surface area contributed by atoms with Crippen molar-refractivity contribution in [3.63, 3.8) is 0 Å². The number of carboxylic acids is 1. The fraction of sp³-hybridized carbons (Fsp3) is 0.800. The van der Waals surface area contributed by atoms with Crippen LogP contribution in [0, 0.1) is 22.7 Å². The number of carbonyl (C=O) groups is 2. The zero-order valence-electron chi connectivity index (χ0n) is 13.1.